The molecule has 0 saturated carbocycles. The molecule has 9 heteroatoms. The third-order valence-corrected chi connectivity index (χ3v) is 7.02. The van der Waals surface area contributed by atoms with Crippen molar-refractivity contribution in [3.05, 3.63) is 96.2 Å². The van der Waals surface area contributed by atoms with E-state index >= 15 is 0 Å². The number of nitrogens with one attached hydrogen (secondary N) is 1. The molecule has 0 aliphatic carbocycles. The number of carbonyl (C=O) groups excluding carboxylic acids is 1. The van der Waals surface area contributed by atoms with Crippen LogP contribution in [-0.4, -0.2) is 57.1 Å². The number of amides is 1. The third kappa shape index (κ3) is 5.32. The van der Waals surface area contributed by atoms with Crippen molar-refractivity contribution in [2.45, 2.75) is 24.9 Å². The number of methoxy groups -OCH3 is 1. The minimum Gasteiger partial charge on any atom is -0.496 e. The van der Waals surface area contributed by atoms with Crippen molar-refractivity contribution in [2.24, 2.45) is 0 Å². The van der Waals surface area contributed by atoms with E-state index in [1.807, 2.05) is 42.5 Å². The van der Waals surface area contributed by atoms with Crippen LogP contribution in [0.4, 0.5) is 11.4 Å². The van der Waals surface area contributed by atoms with Gasteiger partial charge in [-0.1, -0.05) is 48.5 Å². The number of rotatable bonds is 7. The molecule has 0 bridgehead atoms. The number of fused-ring (bicyclic) bond motifs is 1. The summed E-state index contributed by atoms with van der Waals surface area (Å²) in [5.74, 6) is 0.0864. The normalized spacial score (nSPS) is 15.3. The zero-order valence-electron chi connectivity index (χ0n) is 21.1. The second-order valence-corrected chi connectivity index (χ2v) is 9.66. The van der Waals surface area contributed by atoms with Crippen molar-refractivity contribution in [1.82, 2.24) is 14.8 Å². The lowest BCUT2D eigenvalue weighted by Crippen LogP contribution is -2.48. The number of quaternary nitrogens is 1. The first kappa shape index (κ1) is 25.6. The van der Waals surface area contributed by atoms with Crippen LogP contribution in [0.25, 0.3) is 10.9 Å². The molecule has 1 aliphatic rings. The quantitative estimate of drug-likeness (QED) is 0.211. The van der Waals surface area contributed by atoms with E-state index in [-0.39, 0.29) is 11.6 Å². The number of para-hydroxylation sites is 1. The molecule has 2 heterocycles. The molecule has 4 N–H and O–H groups in total. The Morgan fingerprint density at radius 3 is 2.50 bits per heavy atom. The highest BCUT2D eigenvalue weighted by Gasteiger charge is 2.35. The van der Waals surface area contributed by atoms with Gasteiger partial charge < -0.3 is 14.7 Å². The number of pyridine rings is 1. The van der Waals surface area contributed by atoms with Gasteiger partial charge in [0, 0.05) is 43.2 Å². The molecule has 0 atom stereocenters. The Morgan fingerprint density at radius 1 is 1.03 bits per heavy atom. The van der Waals surface area contributed by atoms with Gasteiger partial charge >= 0.3 is 0 Å². The molecule has 1 saturated heterocycles. The lowest BCUT2D eigenvalue weighted by Gasteiger charge is -2.38. The van der Waals surface area contributed by atoms with E-state index in [1.165, 1.54) is 7.11 Å². The number of nitrogens with zero attached hydrogens (tertiary/aromatic N) is 3. The Bertz CT molecular complexity index is 1430. The van der Waals surface area contributed by atoms with Crippen LogP contribution in [0.3, 0.4) is 0 Å². The average molecular weight is 516 g/mol. The van der Waals surface area contributed by atoms with E-state index in [4.69, 9.17) is 4.74 Å². The first-order valence-electron chi connectivity index (χ1n) is 12.5. The fraction of sp³-hybridized carbons (Fsp3) is 0.241. The van der Waals surface area contributed by atoms with Gasteiger partial charge in [-0.25, -0.2) is 4.98 Å². The summed E-state index contributed by atoms with van der Waals surface area (Å²) in [6, 6.07) is 23.3. The number of benzene rings is 3. The highest BCUT2D eigenvalue weighted by molar-refractivity contribution is 5.97. The number of carbonyl (C=O) groups is 1. The summed E-state index contributed by atoms with van der Waals surface area (Å²) < 4.78 is 5.49. The van der Waals surface area contributed by atoms with E-state index in [1.54, 1.807) is 47.5 Å². The van der Waals surface area contributed by atoms with Crippen molar-refractivity contribution < 1.29 is 25.1 Å². The molecule has 1 amide bonds. The van der Waals surface area contributed by atoms with E-state index in [2.05, 4.69) is 10.4 Å². The Labute approximate surface area is 220 Å². The predicted octanol–water partition coefficient (Wildman–Crippen LogP) is 4.57. The largest absolute Gasteiger partial charge is 0.496 e. The molecule has 0 radical (unpaired) electrons. The number of hydrogen-bond donors (Lipinski definition) is 4. The van der Waals surface area contributed by atoms with Gasteiger partial charge in [-0.2, -0.15) is 5.43 Å². The predicted molar refractivity (Wildman–Crippen MR) is 144 cm³/mol. The molecule has 0 spiro atoms. The number of piperidine rings is 1. The Balaban J connectivity index is 1.30. The van der Waals surface area contributed by atoms with Crippen LogP contribution < -0.4 is 15.1 Å². The van der Waals surface area contributed by atoms with Gasteiger partial charge in [-0.15, -0.1) is 10.4 Å². The lowest BCUT2D eigenvalue weighted by atomic mass is 9.85. The monoisotopic (exact) mass is 515 g/mol. The highest BCUT2D eigenvalue weighted by Crippen LogP contribution is 2.32. The molecule has 1 fully saturated rings. The van der Waals surface area contributed by atoms with Crippen LogP contribution in [0.2, 0.25) is 0 Å². The molecule has 196 valence electrons. The molecule has 3 aromatic carbocycles. The van der Waals surface area contributed by atoms with E-state index < -0.39 is 10.5 Å². The Morgan fingerprint density at radius 2 is 1.76 bits per heavy atom. The summed E-state index contributed by atoms with van der Waals surface area (Å²) in [7, 11) is 1.46. The van der Waals surface area contributed by atoms with Gasteiger partial charge in [0.05, 0.1) is 28.9 Å². The molecule has 5 rings (SSSR count). The van der Waals surface area contributed by atoms with Crippen molar-refractivity contribution in [3.8, 4) is 5.75 Å². The number of aromatic nitrogens is 1. The summed E-state index contributed by atoms with van der Waals surface area (Å²) in [4.78, 5) is 17.7. The lowest BCUT2D eigenvalue weighted by molar-refractivity contribution is -0.271. The van der Waals surface area contributed by atoms with Gasteiger partial charge in [0.1, 0.15) is 11.3 Å². The average Bonchev–Trinajstić information content (AvgIpc) is 2.93. The second-order valence-electron chi connectivity index (χ2n) is 9.66. The van der Waals surface area contributed by atoms with Gasteiger partial charge in [-0.05, 0) is 36.6 Å². The summed E-state index contributed by atoms with van der Waals surface area (Å²) >= 11 is 0. The molecule has 4 aromatic rings. The SMILES string of the molecule is COc1cc(N[N+](O)(O)c2cccc3cccnc23)ccc1C(=O)N1CCC(O)(Cc2ccccc2)CC1. The van der Waals surface area contributed by atoms with Crippen molar-refractivity contribution in [1.29, 1.82) is 0 Å². The first-order valence-corrected chi connectivity index (χ1v) is 12.5. The maximum atomic E-state index is 13.3. The molecular formula is C29H31N4O5+. The van der Waals surface area contributed by atoms with Crippen LogP contribution in [0.5, 0.6) is 5.75 Å². The van der Waals surface area contributed by atoms with Crippen LogP contribution in [0.15, 0.2) is 85.1 Å². The Kier molecular flexibility index (Phi) is 7.00. The van der Waals surface area contributed by atoms with E-state index in [0.717, 1.165) is 10.9 Å². The molecule has 9 nitrogen and oxygen atoms in total. The topological polar surface area (TPSA) is 115 Å². The maximum Gasteiger partial charge on any atom is 0.257 e. The second kappa shape index (κ2) is 10.4. The minimum absolute atomic E-state index is 0.138. The van der Waals surface area contributed by atoms with Crippen molar-refractivity contribution >= 4 is 28.2 Å². The minimum atomic E-state index is -1.64. The summed E-state index contributed by atoms with van der Waals surface area (Å²) in [6.45, 7) is 0.847. The van der Waals surface area contributed by atoms with Gasteiger partial charge in [0.15, 0.2) is 0 Å². The Hall–Kier alpha value is -4.02. The van der Waals surface area contributed by atoms with Crippen molar-refractivity contribution in [3.63, 3.8) is 0 Å². The number of aliphatic hydroxyl groups is 1. The van der Waals surface area contributed by atoms with Gasteiger partial charge in [0.25, 0.3) is 11.6 Å². The summed E-state index contributed by atoms with van der Waals surface area (Å²) in [6.07, 6.45) is 3.08. The molecule has 0 unspecified atom stereocenters. The van der Waals surface area contributed by atoms with E-state index in [9.17, 15) is 20.3 Å². The zero-order chi connectivity index (χ0) is 26.8. The highest BCUT2D eigenvalue weighted by atomic mass is 16.9. The standard InChI is InChI=1S/C29H30N4O5/c1-38-26-19-23(31-33(36,37)25-11-5-9-22-10-6-16-30-27(22)25)12-13-24(26)28(34)32-17-14-29(35,15-18-32)20-21-7-3-2-4-8-21/h2-13,16,19,35-37H,14-15,17-18,20H2,1H3/p+1. The zero-order valence-corrected chi connectivity index (χ0v) is 21.1. The third-order valence-electron chi connectivity index (χ3n) is 7.02. The summed E-state index contributed by atoms with van der Waals surface area (Å²) in [5, 5.41) is 33.5. The number of likely N-dealkylation sites (tertiary alicyclic amines) is 1. The van der Waals surface area contributed by atoms with Crippen molar-refractivity contribution in [2.75, 3.05) is 25.6 Å². The molecule has 1 aromatic heterocycles. The molecule has 1 aliphatic heterocycles. The van der Waals surface area contributed by atoms with Crippen LogP contribution >= 0.6 is 0 Å². The fourth-order valence-electron chi connectivity index (χ4n) is 4.97. The summed E-state index contributed by atoms with van der Waals surface area (Å²) in [5.41, 5.74) is 4.12. The van der Waals surface area contributed by atoms with E-state index in [0.29, 0.717) is 54.9 Å². The fourth-order valence-corrected chi connectivity index (χ4v) is 4.97. The number of ether oxygens (including phenoxy) is 1. The van der Waals surface area contributed by atoms with Crippen LogP contribution in [0.1, 0.15) is 28.8 Å². The molecular weight excluding hydrogens is 484 g/mol. The van der Waals surface area contributed by atoms with Gasteiger partial charge in [-0.3, -0.25) is 4.79 Å². The van der Waals surface area contributed by atoms with Crippen LogP contribution in [-0.2, 0) is 6.42 Å². The smallest absolute Gasteiger partial charge is 0.257 e. The number of hydrogen-bond acceptors (Lipinski definition) is 7. The van der Waals surface area contributed by atoms with Crippen LogP contribution in [0, 0.1) is 0 Å². The van der Waals surface area contributed by atoms with Gasteiger partial charge in [0.2, 0.25) is 0 Å². The first-order chi connectivity index (χ1) is 18.3. The maximum absolute atomic E-state index is 13.3. The molecule has 38 heavy (non-hydrogen) atoms. The number of anilines is 1.